The number of para-hydroxylation sites is 1. The molecule has 2 aromatic heterocycles. The highest BCUT2D eigenvalue weighted by Crippen LogP contribution is 2.17. The average Bonchev–Trinajstić information content (AvgIpc) is 3.28. The van der Waals surface area contributed by atoms with Gasteiger partial charge in [-0.2, -0.15) is 0 Å². The van der Waals surface area contributed by atoms with Crippen LogP contribution in [0.3, 0.4) is 0 Å². The van der Waals surface area contributed by atoms with E-state index in [-0.39, 0.29) is 6.61 Å². The number of aliphatic hydroxyl groups excluding tert-OH is 1. The highest BCUT2D eigenvalue weighted by molar-refractivity contribution is 7.99. The van der Waals surface area contributed by atoms with Crippen LogP contribution in [0.15, 0.2) is 53.0 Å². The van der Waals surface area contributed by atoms with Crippen molar-refractivity contribution in [2.75, 3.05) is 12.4 Å². The van der Waals surface area contributed by atoms with Crippen LogP contribution in [0.1, 0.15) is 4.88 Å². The Labute approximate surface area is 148 Å². The van der Waals surface area contributed by atoms with Crippen molar-refractivity contribution in [1.82, 2.24) is 20.2 Å². The summed E-state index contributed by atoms with van der Waals surface area (Å²) in [6.45, 7) is 0.972. The number of rotatable bonds is 9. The minimum atomic E-state index is -0.586. The lowest BCUT2D eigenvalue weighted by atomic mass is 10.3. The van der Waals surface area contributed by atoms with Crippen molar-refractivity contribution in [3.8, 4) is 5.75 Å². The SMILES string of the molecule is OC(COc1ccccc1)CSc1nnnn1CCc1cccs1. The van der Waals surface area contributed by atoms with E-state index in [1.165, 1.54) is 16.6 Å². The Hall–Kier alpha value is -1.90. The van der Waals surface area contributed by atoms with E-state index in [0.29, 0.717) is 10.9 Å². The molecule has 0 saturated heterocycles. The quantitative estimate of drug-likeness (QED) is 0.590. The summed E-state index contributed by atoms with van der Waals surface area (Å²) < 4.78 is 7.32. The summed E-state index contributed by atoms with van der Waals surface area (Å²) in [6, 6.07) is 13.6. The predicted octanol–water partition coefficient (Wildman–Crippen LogP) is 2.51. The molecule has 126 valence electrons. The summed E-state index contributed by atoms with van der Waals surface area (Å²) >= 11 is 3.16. The summed E-state index contributed by atoms with van der Waals surface area (Å²) in [5, 5.41) is 24.6. The van der Waals surface area contributed by atoms with E-state index in [4.69, 9.17) is 4.74 Å². The Balaban J connectivity index is 1.43. The fraction of sp³-hybridized carbons (Fsp3) is 0.312. The Morgan fingerprint density at radius 1 is 1.21 bits per heavy atom. The second-order valence-electron chi connectivity index (χ2n) is 5.10. The van der Waals surface area contributed by atoms with Gasteiger partial charge in [0.1, 0.15) is 12.4 Å². The molecule has 0 aliphatic heterocycles. The summed E-state index contributed by atoms with van der Waals surface area (Å²) in [6.07, 6.45) is 0.313. The van der Waals surface area contributed by atoms with Crippen LogP contribution in [0.5, 0.6) is 5.75 Å². The van der Waals surface area contributed by atoms with Gasteiger partial charge in [0, 0.05) is 17.1 Å². The van der Waals surface area contributed by atoms with Gasteiger partial charge in [-0.15, -0.1) is 16.4 Å². The molecule has 0 amide bonds. The van der Waals surface area contributed by atoms with Crippen LogP contribution in [0, 0.1) is 0 Å². The van der Waals surface area contributed by atoms with Crippen LogP contribution < -0.4 is 4.74 Å². The largest absolute Gasteiger partial charge is 0.491 e. The van der Waals surface area contributed by atoms with Gasteiger partial charge in [-0.1, -0.05) is 36.0 Å². The zero-order chi connectivity index (χ0) is 16.6. The maximum Gasteiger partial charge on any atom is 0.209 e. The van der Waals surface area contributed by atoms with Crippen LogP contribution in [-0.2, 0) is 13.0 Å². The first-order valence-corrected chi connectivity index (χ1v) is 9.45. The summed E-state index contributed by atoms with van der Waals surface area (Å²) in [4.78, 5) is 1.30. The fourth-order valence-corrected chi connectivity index (χ4v) is 3.55. The molecule has 1 unspecified atom stereocenters. The van der Waals surface area contributed by atoms with Gasteiger partial charge < -0.3 is 9.84 Å². The topological polar surface area (TPSA) is 73.1 Å². The highest BCUT2D eigenvalue weighted by atomic mass is 32.2. The second kappa shape index (κ2) is 8.81. The molecule has 24 heavy (non-hydrogen) atoms. The van der Waals surface area contributed by atoms with Crippen molar-refractivity contribution < 1.29 is 9.84 Å². The molecule has 3 aromatic rings. The number of aliphatic hydroxyl groups is 1. The number of aromatic nitrogens is 4. The summed E-state index contributed by atoms with van der Waals surface area (Å²) in [5.41, 5.74) is 0. The number of benzene rings is 1. The first kappa shape index (κ1) is 16.9. The van der Waals surface area contributed by atoms with E-state index in [9.17, 15) is 5.11 Å². The second-order valence-corrected chi connectivity index (χ2v) is 7.12. The smallest absolute Gasteiger partial charge is 0.209 e. The predicted molar refractivity (Wildman–Crippen MR) is 94.5 cm³/mol. The maximum atomic E-state index is 10.1. The molecule has 1 atom stereocenters. The minimum absolute atomic E-state index is 0.244. The van der Waals surface area contributed by atoms with Crippen LogP contribution in [0.25, 0.3) is 0 Å². The van der Waals surface area contributed by atoms with Crippen molar-refractivity contribution in [3.05, 3.63) is 52.7 Å². The molecular formula is C16H18N4O2S2. The first-order chi connectivity index (χ1) is 11.8. The van der Waals surface area contributed by atoms with Crippen molar-refractivity contribution in [3.63, 3.8) is 0 Å². The lowest BCUT2D eigenvalue weighted by Gasteiger charge is -2.11. The van der Waals surface area contributed by atoms with Gasteiger partial charge in [0.05, 0.1) is 12.6 Å². The van der Waals surface area contributed by atoms with Gasteiger partial charge in [0.25, 0.3) is 0 Å². The van der Waals surface area contributed by atoms with Crippen molar-refractivity contribution in [2.24, 2.45) is 0 Å². The van der Waals surface area contributed by atoms with E-state index in [1.54, 1.807) is 16.0 Å². The molecule has 6 nitrogen and oxygen atoms in total. The number of aryl methyl sites for hydroxylation is 2. The van der Waals surface area contributed by atoms with Crippen LogP contribution >= 0.6 is 23.1 Å². The molecule has 1 aromatic carbocycles. The molecule has 0 radical (unpaired) electrons. The number of nitrogens with zero attached hydrogens (tertiary/aromatic N) is 4. The summed E-state index contributed by atoms with van der Waals surface area (Å²) in [7, 11) is 0. The Kier molecular flexibility index (Phi) is 6.22. The van der Waals surface area contributed by atoms with Gasteiger partial charge in [0.15, 0.2) is 0 Å². The lowest BCUT2D eigenvalue weighted by Crippen LogP contribution is -2.20. The standard InChI is InChI=1S/C16H18N4O2S2/c21-13(11-22-14-5-2-1-3-6-14)12-24-16-17-18-19-20(16)9-8-15-7-4-10-23-15/h1-7,10,13,21H,8-9,11-12H2. The number of hydrogen-bond acceptors (Lipinski definition) is 7. The molecule has 0 saturated carbocycles. The molecule has 3 rings (SSSR count). The van der Waals surface area contributed by atoms with E-state index in [1.807, 2.05) is 36.4 Å². The molecular weight excluding hydrogens is 344 g/mol. The zero-order valence-corrected chi connectivity index (χ0v) is 14.6. The maximum absolute atomic E-state index is 10.1. The third-order valence-corrected chi connectivity index (χ3v) is 5.28. The number of tetrazole rings is 1. The Bertz CT molecular complexity index is 719. The molecule has 2 heterocycles. The van der Waals surface area contributed by atoms with E-state index in [2.05, 4.69) is 27.0 Å². The molecule has 0 spiro atoms. The third-order valence-electron chi connectivity index (χ3n) is 3.24. The molecule has 0 bridgehead atoms. The van der Waals surface area contributed by atoms with Crippen LogP contribution in [-0.4, -0.2) is 43.8 Å². The Morgan fingerprint density at radius 3 is 2.88 bits per heavy atom. The average molecular weight is 362 g/mol. The fourth-order valence-electron chi connectivity index (χ4n) is 2.04. The lowest BCUT2D eigenvalue weighted by molar-refractivity contribution is 0.126. The number of thioether (sulfide) groups is 1. The van der Waals surface area contributed by atoms with Crippen LogP contribution in [0.4, 0.5) is 0 Å². The molecule has 0 aliphatic carbocycles. The summed E-state index contributed by atoms with van der Waals surface area (Å²) in [5.74, 6) is 1.23. The molecule has 0 fully saturated rings. The number of ether oxygens (including phenoxy) is 1. The van der Waals surface area contributed by atoms with Gasteiger partial charge in [-0.25, -0.2) is 4.68 Å². The van der Waals surface area contributed by atoms with Crippen molar-refractivity contribution in [1.29, 1.82) is 0 Å². The molecule has 8 heteroatoms. The van der Waals surface area contributed by atoms with Crippen molar-refractivity contribution in [2.45, 2.75) is 24.2 Å². The van der Waals surface area contributed by atoms with Gasteiger partial charge >= 0.3 is 0 Å². The Morgan fingerprint density at radius 2 is 2.08 bits per heavy atom. The molecule has 0 aliphatic rings. The first-order valence-electron chi connectivity index (χ1n) is 7.58. The molecule has 1 N–H and O–H groups in total. The van der Waals surface area contributed by atoms with E-state index >= 15 is 0 Å². The van der Waals surface area contributed by atoms with Crippen molar-refractivity contribution >= 4 is 23.1 Å². The van der Waals surface area contributed by atoms with E-state index < -0.39 is 6.10 Å². The van der Waals surface area contributed by atoms with Gasteiger partial charge in [-0.3, -0.25) is 0 Å². The minimum Gasteiger partial charge on any atom is -0.491 e. The number of thiophene rings is 1. The van der Waals surface area contributed by atoms with E-state index in [0.717, 1.165) is 18.7 Å². The number of hydrogen-bond donors (Lipinski definition) is 1. The third kappa shape index (κ3) is 5.05. The van der Waals surface area contributed by atoms with Crippen LogP contribution in [0.2, 0.25) is 0 Å². The van der Waals surface area contributed by atoms with Gasteiger partial charge in [0.2, 0.25) is 5.16 Å². The highest BCUT2D eigenvalue weighted by Gasteiger charge is 2.12. The normalized spacial score (nSPS) is 12.2. The zero-order valence-electron chi connectivity index (χ0n) is 13.0. The van der Waals surface area contributed by atoms with Gasteiger partial charge in [-0.05, 0) is 34.0 Å². The monoisotopic (exact) mass is 362 g/mol.